The summed E-state index contributed by atoms with van der Waals surface area (Å²) in [4.78, 5) is 12.0. The van der Waals surface area contributed by atoms with Gasteiger partial charge in [-0.1, -0.05) is 6.07 Å². The third kappa shape index (κ3) is 3.99. The van der Waals surface area contributed by atoms with Gasteiger partial charge < -0.3 is 14.8 Å². The molecule has 1 N–H and O–H groups in total. The predicted molar refractivity (Wildman–Crippen MR) is 87.9 cm³/mol. The monoisotopic (exact) mass is 345 g/mol. The molecule has 0 heterocycles. The highest BCUT2D eigenvalue weighted by atomic mass is 35.5. The number of rotatable bonds is 7. The van der Waals surface area contributed by atoms with E-state index in [0.29, 0.717) is 31.1 Å². The minimum Gasteiger partial charge on any atom is -0.490 e. The van der Waals surface area contributed by atoms with Gasteiger partial charge in [-0.2, -0.15) is 0 Å². The Balaban J connectivity index is 2.07. The number of benzene rings is 1. The van der Waals surface area contributed by atoms with Crippen LogP contribution in [0.1, 0.15) is 38.8 Å². The van der Waals surface area contributed by atoms with Crippen LogP contribution in [0.3, 0.4) is 0 Å². The van der Waals surface area contributed by atoms with Crippen molar-refractivity contribution in [2.24, 2.45) is 5.92 Å². The first-order valence-electron chi connectivity index (χ1n) is 7.46. The lowest BCUT2D eigenvalue weighted by Crippen LogP contribution is -2.29. The maximum atomic E-state index is 12.0. The van der Waals surface area contributed by atoms with E-state index in [1.807, 2.05) is 39.0 Å². The Morgan fingerprint density at radius 3 is 2.45 bits per heavy atom. The maximum Gasteiger partial charge on any atom is 0.226 e. The molecule has 2 atom stereocenters. The minimum absolute atomic E-state index is 0.121. The summed E-state index contributed by atoms with van der Waals surface area (Å²) in [5.74, 6) is 0.935. The Labute approximate surface area is 141 Å². The molecule has 1 fully saturated rings. The fourth-order valence-electron chi connectivity index (χ4n) is 2.23. The SMILES string of the molecule is CCOc1ccc(C(C)NC(=O)C2CC2(Cl)Cl)cc1OCC. The van der Waals surface area contributed by atoms with E-state index in [2.05, 4.69) is 5.32 Å². The van der Waals surface area contributed by atoms with Gasteiger partial charge >= 0.3 is 0 Å². The zero-order chi connectivity index (χ0) is 16.3. The first-order chi connectivity index (χ1) is 10.4. The van der Waals surface area contributed by atoms with E-state index >= 15 is 0 Å². The summed E-state index contributed by atoms with van der Waals surface area (Å²) in [6.45, 7) is 6.87. The highest BCUT2D eigenvalue weighted by Gasteiger charge is 2.56. The topological polar surface area (TPSA) is 47.6 Å². The quantitative estimate of drug-likeness (QED) is 0.763. The third-order valence-electron chi connectivity index (χ3n) is 3.57. The average Bonchev–Trinajstić information content (AvgIpc) is 3.10. The zero-order valence-corrected chi connectivity index (χ0v) is 14.5. The molecule has 1 aromatic carbocycles. The van der Waals surface area contributed by atoms with Crippen LogP contribution in [-0.4, -0.2) is 23.5 Å². The van der Waals surface area contributed by atoms with Crippen molar-refractivity contribution in [2.45, 2.75) is 37.6 Å². The van der Waals surface area contributed by atoms with Gasteiger partial charge in [0, 0.05) is 0 Å². The lowest BCUT2D eigenvalue weighted by atomic mass is 10.1. The number of carbonyl (C=O) groups excluding carboxylic acids is 1. The van der Waals surface area contributed by atoms with Gasteiger partial charge in [-0.25, -0.2) is 0 Å². The van der Waals surface area contributed by atoms with Gasteiger partial charge in [-0.15, -0.1) is 23.2 Å². The Morgan fingerprint density at radius 2 is 1.91 bits per heavy atom. The fourth-order valence-corrected chi connectivity index (χ4v) is 2.74. The van der Waals surface area contributed by atoms with E-state index in [-0.39, 0.29) is 17.9 Å². The Bertz CT molecular complexity index is 548. The van der Waals surface area contributed by atoms with E-state index in [1.165, 1.54) is 0 Å². The lowest BCUT2D eigenvalue weighted by Gasteiger charge is -2.17. The molecular formula is C16H21Cl2NO3. The van der Waals surface area contributed by atoms with Crippen molar-refractivity contribution in [3.63, 3.8) is 0 Å². The molecule has 1 amide bonds. The Morgan fingerprint density at radius 1 is 1.32 bits per heavy atom. The molecule has 22 heavy (non-hydrogen) atoms. The first-order valence-corrected chi connectivity index (χ1v) is 8.22. The van der Waals surface area contributed by atoms with E-state index in [0.717, 1.165) is 5.56 Å². The van der Waals surface area contributed by atoms with E-state index < -0.39 is 4.33 Å². The van der Waals surface area contributed by atoms with E-state index in [4.69, 9.17) is 32.7 Å². The number of nitrogens with one attached hydrogen (secondary N) is 1. The minimum atomic E-state index is -0.904. The molecule has 1 aliphatic rings. The van der Waals surface area contributed by atoms with Gasteiger partial charge in [0.25, 0.3) is 0 Å². The van der Waals surface area contributed by atoms with Gasteiger partial charge in [0.2, 0.25) is 5.91 Å². The van der Waals surface area contributed by atoms with Crippen LogP contribution in [0.15, 0.2) is 18.2 Å². The van der Waals surface area contributed by atoms with Crippen LogP contribution in [0.5, 0.6) is 11.5 Å². The molecule has 1 aliphatic carbocycles. The molecule has 0 saturated heterocycles. The molecule has 1 aromatic rings. The van der Waals surface area contributed by atoms with Crippen molar-refractivity contribution >= 4 is 29.1 Å². The molecule has 0 radical (unpaired) electrons. The van der Waals surface area contributed by atoms with Crippen LogP contribution in [0.4, 0.5) is 0 Å². The number of alkyl halides is 2. The molecule has 0 spiro atoms. The number of hydrogen-bond acceptors (Lipinski definition) is 3. The number of amides is 1. The largest absolute Gasteiger partial charge is 0.490 e. The van der Waals surface area contributed by atoms with Gasteiger partial charge in [0.05, 0.1) is 25.2 Å². The van der Waals surface area contributed by atoms with Crippen molar-refractivity contribution in [3.05, 3.63) is 23.8 Å². The molecule has 6 heteroatoms. The van der Waals surface area contributed by atoms with E-state index in [1.54, 1.807) is 0 Å². The zero-order valence-electron chi connectivity index (χ0n) is 13.0. The number of carbonyl (C=O) groups is 1. The summed E-state index contributed by atoms with van der Waals surface area (Å²) in [6.07, 6.45) is 0.502. The highest BCUT2D eigenvalue weighted by molar-refractivity contribution is 6.52. The van der Waals surface area contributed by atoms with Crippen LogP contribution in [0, 0.1) is 5.92 Å². The molecule has 2 unspecified atom stereocenters. The molecule has 0 aromatic heterocycles. The summed E-state index contributed by atoms with van der Waals surface area (Å²) in [5.41, 5.74) is 0.940. The van der Waals surface area contributed by atoms with Crippen LogP contribution in [0.25, 0.3) is 0 Å². The second kappa shape index (κ2) is 6.97. The summed E-state index contributed by atoms with van der Waals surface area (Å²) >= 11 is 11.8. The van der Waals surface area contributed by atoms with Gasteiger partial charge in [0.1, 0.15) is 4.33 Å². The molecule has 2 rings (SSSR count). The summed E-state index contributed by atoms with van der Waals surface area (Å²) < 4.78 is 10.2. The van der Waals surface area contributed by atoms with Crippen molar-refractivity contribution < 1.29 is 14.3 Å². The van der Waals surface area contributed by atoms with Crippen molar-refractivity contribution in [2.75, 3.05) is 13.2 Å². The second-order valence-electron chi connectivity index (χ2n) is 5.32. The standard InChI is InChI=1S/C16H21Cl2NO3/c1-4-21-13-7-6-11(8-14(13)22-5-2)10(3)19-15(20)12-9-16(12,17)18/h6-8,10,12H,4-5,9H2,1-3H3,(H,19,20). The van der Waals surface area contributed by atoms with Crippen LogP contribution in [0.2, 0.25) is 0 Å². The predicted octanol–water partition coefficient (Wildman–Crippen LogP) is 3.86. The second-order valence-corrected chi connectivity index (χ2v) is 6.86. The van der Waals surface area contributed by atoms with Gasteiger partial charge in [0.15, 0.2) is 11.5 Å². The Kier molecular flexibility index (Phi) is 5.45. The third-order valence-corrected chi connectivity index (χ3v) is 4.40. The number of ether oxygens (including phenoxy) is 2. The van der Waals surface area contributed by atoms with Crippen molar-refractivity contribution in [1.29, 1.82) is 0 Å². The molecule has 4 nitrogen and oxygen atoms in total. The average molecular weight is 346 g/mol. The van der Waals surface area contributed by atoms with Crippen molar-refractivity contribution in [1.82, 2.24) is 5.32 Å². The molecule has 122 valence electrons. The number of halogens is 2. The molecule has 0 bridgehead atoms. The smallest absolute Gasteiger partial charge is 0.226 e. The van der Waals surface area contributed by atoms with Gasteiger partial charge in [-0.05, 0) is 44.9 Å². The van der Waals surface area contributed by atoms with Crippen LogP contribution in [-0.2, 0) is 4.79 Å². The number of hydrogen-bond donors (Lipinski definition) is 1. The Hall–Kier alpha value is -1.13. The molecule has 0 aliphatic heterocycles. The van der Waals surface area contributed by atoms with E-state index in [9.17, 15) is 4.79 Å². The normalized spacial score (nSPS) is 20.1. The highest BCUT2D eigenvalue weighted by Crippen LogP contribution is 2.53. The first kappa shape index (κ1) is 17.2. The van der Waals surface area contributed by atoms with Crippen LogP contribution >= 0.6 is 23.2 Å². The van der Waals surface area contributed by atoms with Crippen LogP contribution < -0.4 is 14.8 Å². The fraction of sp³-hybridized carbons (Fsp3) is 0.562. The van der Waals surface area contributed by atoms with Gasteiger partial charge in [-0.3, -0.25) is 4.79 Å². The molecule has 1 saturated carbocycles. The summed E-state index contributed by atoms with van der Waals surface area (Å²) in [6, 6.07) is 5.50. The van der Waals surface area contributed by atoms with Crippen molar-refractivity contribution in [3.8, 4) is 11.5 Å². The summed E-state index contributed by atoms with van der Waals surface area (Å²) in [5, 5.41) is 2.93. The lowest BCUT2D eigenvalue weighted by molar-refractivity contribution is -0.123. The maximum absolute atomic E-state index is 12.0. The summed E-state index contributed by atoms with van der Waals surface area (Å²) in [7, 11) is 0. The molecular weight excluding hydrogens is 325 g/mol.